The first-order valence-corrected chi connectivity index (χ1v) is 6.13. The molecule has 1 unspecified atom stereocenters. The minimum absolute atomic E-state index is 0.194. The Morgan fingerprint density at radius 1 is 1.44 bits per heavy atom. The highest BCUT2D eigenvalue weighted by Gasteiger charge is 2.22. The lowest BCUT2D eigenvalue weighted by atomic mass is 9.97. The molecular weight excluding hydrogens is 234 g/mol. The fourth-order valence-electron chi connectivity index (χ4n) is 1.44. The van der Waals surface area contributed by atoms with E-state index in [1.54, 1.807) is 0 Å². The molecule has 6 heteroatoms. The van der Waals surface area contributed by atoms with Crippen molar-refractivity contribution in [3.05, 3.63) is 11.8 Å². The summed E-state index contributed by atoms with van der Waals surface area (Å²) in [6.07, 6.45) is 1.39. The molecule has 0 spiro atoms. The smallest absolute Gasteiger partial charge is 0.320 e. The first-order valence-electron chi connectivity index (χ1n) is 6.13. The molecular formula is C12H21N3O3. The molecule has 0 fully saturated rings. The SMILES string of the molecule is CCCC(NCc1nnc(C(C)(C)C)o1)C(=O)O. The van der Waals surface area contributed by atoms with E-state index in [1.807, 2.05) is 27.7 Å². The molecule has 2 N–H and O–H groups in total. The highest BCUT2D eigenvalue weighted by atomic mass is 16.4. The zero-order valence-electron chi connectivity index (χ0n) is 11.4. The van der Waals surface area contributed by atoms with Gasteiger partial charge in [-0.3, -0.25) is 10.1 Å². The van der Waals surface area contributed by atoms with Crippen molar-refractivity contribution in [2.24, 2.45) is 0 Å². The molecule has 1 aromatic heterocycles. The van der Waals surface area contributed by atoms with Gasteiger partial charge in [-0.05, 0) is 6.42 Å². The number of nitrogens with one attached hydrogen (secondary N) is 1. The van der Waals surface area contributed by atoms with Crippen molar-refractivity contribution in [1.29, 1.82) is 0 Å². The van der Waals surface area contributed by atoms with Crippen LogP contribution in [0.1, 0.15) is 52.3 Å². The summed E-state index contributed by atoms with van der Waals surface area (Å²) >= 11 is 0. The lowest BCUT2D eigenvalue weighted by molar-refractivity contribution is -0.139. The van der Waals surface area contributed by atoms with Crippen LogP contribution in [0.5, 0.6) is 0 Å². The molecule has 1 heterocycles. The van der Waals surface area contributed by atoms with E-state index in [-0.39, 0.29) is 12.0 Å². The first-order chi connectivity index (χ1) is 8.34. The van der Waals surface area contributed by atoms with Crippen LogP contribution < -0.4 is 5.32 Å². The summed E-state index contributed by atoms with van der Waals surface area (Å²) < 4.78 is 5.48. The maximum atomic E-state index is 10.9. The predicted octanol–water partition coefficient (Wildman–Crippen LogP) is 1.71. The summed E-state index contributed by atoms with van der Waals surface area (Å²) in [7, 11) is 0. The van der Waals surface area contributed by atoms with Gasteiger partial charge in [-0.25, -0.2) is 0 Å². The molecule has 6 nitrogen and oxygen atoms in total. The first kappa shape index (κ1) is 14.6. The monoisotopic (exact) mass is 255 g/mol. The molecule has 0 aliphatic heterocycles. The third kappa shape index (κ3) is 4.10. The Kier molecular flexibility index (Phi) is 4.84. The van der Waals surface area contributed by atoms with Gasteiger partial charge in [-0.1, -0.05) is 34.1 Å². The summed E-state index contributed by atoms with van der Waals surface area (Å²) in [4.78, 5) is 10.9. The van der Waals surface area contributed by atoms with Crippen LogP contribution in [0.2, 0.25) is 0 Å². The third-order valence-electron chi connectivity index (χ3n) is 2.48. The van der Waals surface area contributed by atoms with Gasteiger partial charge in [0.05, 0.1) is 6.54 Å². The van der Waals surface area contributed by atoms with Crippen LogP contribution in [-0.2, 0) is 16.8 Å². The van der Waals surface area contributed by atoms with Gasteiger partial charge in [0, 0.05) is 5.41 Å². The van der Waals surface area contributed by atoms with Crippen LogP contribution in [-0.4, -0.2) is 27.3 Å². The normalized spacial score (nSPS) is 13.6. The van der Waals surface area contributed by atoms with Gasteiger partial charge in [-0.15, -0.1) is 10.2 Å². The topological polar surface area (TPSA) is 88.3 Å². The molecule has 1 atom stereocenters. The Morgan fingerprint density at radius 3 is 2.56 bits per heavy atom. The van der Waals surface area contributed by atoms with Crippen molar-refractivity contribution in [1.82, 2.24) is 15.5 Å². The second-order valence-corrected chi connectivity index (χ2v) is 5.31. The van der Waals surface area contributed by atoms with Gasteiger partial charge < -0.3 is 9.52 Å². The molecule has 1 aromatic rings. The number of aliphatic carboxylic acids is 1. The lowest BCUT2D eigenvalue weighted by Crippen LogP contribution is -2.36. The summed E-state index contributed by atoms with van der Waals surface area (Å²) in [6.45, 7) is 8.17. The van der Waals surface area contributed by atoms with Gasteiger partial charge in [-0.2, -0.15) is 0 Å². The second kappa shape index (κ2) is 5.95. The molecule has 1 rings (SSSR count). The minimum Gasteiger partial charge on any atom is -0.480 e. The van der Waals surface area contributed by atoms with Gasteiger partial charge in [0.2, 0.25) is 11.8 Å². The standard InChI is InChI=1S/C12H21N3O3/c1-5-6-8(10(16)17)13-7-9-14-15-11(18-9)12(2,3)4/h8,13H,5-7H2,1-4H3,(H,16,17). The van der Waals surface area contributed by atoms with Crippen LogP contribution in [0, 0.1) is 0 Å². The highest BCUT2D eigenvalue weighted by Crippen LogP contribution is 2.20. The fourth-order valence-corrected chi connectivity index (χ4v) is 1.44. The number of carbonyl (C=O) groups is 1. The zero-order valence-corrected chi connectivity index (χ0v) is 11.4. The number of hydrogen-bond donors (Lipinski definition) is 2. The molecule has 18 heavy (non-hydrogen) atoms. The van der Waals surface area contributed by atoms with Crippen LogP contribution >= 0.6 is 0 Å². The maximum Gasteiger partial charge on any atom is 0.320 e. The average molecular weight is 255 g/mol. The van der Waals surface area contributed by atoms with E-state index in [2.05, 4.69) is 15.5 Å². The average Bonchev–Trinajstić information content (AvgIpc) is 2.71. The molecule has 0 radical (unpaired) electrons. The maximum absolute atomic E-state index is 10.9. The molecule has 0 aliphatic carbocycles. The number of hydrogen-bond acceptors (Lipinski definition) is 5. The number of carboxylic acid groups (broad SMARTS) is 1. The Balaban J connectivity index is 2.57. The number of carboxylic acids is 1. The molecule has 0 saturated carbocycles. The summed E-state index contributed by atoms with van der Waals surface area (Å²) in [6, 6.07) is -0.569. The van der Waals surface area contributed by atoms with Crippen LogP contribution in [0.4, 0.5) is 0 Å². The van der Waals surface area contributed by atoms with E-state index >= 15 is 0 Å². The Morgan fingerprint density at radius 2 is 2.11 bits per heavy atom. The van der Waals surface area contributed by atoms with Crippen molar-refractivity contribution in [2.45, 2.75) is 58.5 Å². The van der Waals surface area contributed by atoms with E-state index in [4.69, 9.17) is 9.52 Å². The summed E-state index contributed by atoms with van der Waals surface area (Å²) in [5.74, 6) is 0.122. The van der Waals surface area contributed by atoms with Crippen LogP contribution in [0.15, 0.2) is 4.42 Å². The van der Waals surface area contributed by atoms with Crippen LogP contribution in [0.3, 0.4) is 0 Å². The van der Waals surface area contributed by atoms with Gasteiger partial charge in [0.1, 0.15) is 6.04 Å². The summed E-state index contributed by atoms with van der Waals surface area (Å²) in [5.41, 5.74) is -0.194. The molecule has 0 saturated heterocycles. The number of rotatable bonds is 6. The minimum atomic E-state index is -0.854. The molecule has 0 aliphatic rings. The predicted molar refractivity (Wildman–Crippen MR) is 66.2 cm³/mol. The van der Waals surface area contributed by atoms with Crippen molar-refractivity contribution < 1.29 is 14.3 Å². The summed E-state index contributed by atoms with van der Waals surface area (Å²) in [5, 5.41) is 19.7. The van der Waals surface area contributed by atoms with Crippen LogP contribution in [0.25, 0.3) is 0 Å². The van der Waals surface area contributed by atoms with E-state index < -0.39 is 12.0 Å². The van der Waals surface area contributed by atoms with Gasteiger partial charge in [0.15, 0.2) is 0 Å². The Labute approximate surface area is 107 Å². The molecule has 102 valence electrons. The number of aromatic nitrogens is 2. The third-order valence-corrected chi connectivity index (χ3v) is 2.48. The second-order valence-electron chi connectivity index (χ2n) is 5.31. The zero-order chi connectivity index (χ0) is 13.8. The lowest BCUT2D eigenvalue weighted by Gasteiger charge is -2.12. The van der Waals surface area contributed by atoms with Crippen molar-refractivity contribution in [3.63, 3.8) is 0 Å². The largest absolute Gasteiger partial charge is 0.480 e. The van der Waals surface area contributed by atoms with Crippen molar-refractivity contribution in [3.8, 4) is 0 Å². The van der Waals surface area contributed by atoms with Crippen molar-refractivity contribution >= 4 is 5.97 Å². The fraction of sp³-hybridized carbons (Fsp3) is 0.750. The van der Waals surface area contributed by atoms with Gasteiger partial charge in [0.25, 0.3) is 0 Å². The van der Waals surface area contributed by atoms with E-state index in [1.165, 1.54) is 0 Å². The Hall–Kier alpha value is -1.43. The molecule has 0 aromatic carbocycles. The highest BCUT2D eigenvalue weighted by molar-refractivity contribution is 5.73. The van der Waals surface area contributed by atoms with Gasteiger partial charge >= 0.3 is 5.97 Å². The van der Waals surface area contributed by atoms with Crippen molar-refractivity contribution in [2.75, 3.05) is 0 Å². The Bertz CT molecular complexity index is 396. The molecule has 0 amide bonds. The number of nitrogens with zero attached hydrogens (tertiary/aromatic N) is 2. The van der Waals surface area contributed by atoms with E-state index in [0.717, 1.165) is 6.42 Å². The van der Waals surface area contributed by atoms with E-state index in [0.29, 0.717) is 18.2 Å². The van der Waals surface area contributed by atoms with E-state index in [9.17, 15) is 4.79 Å². The quantitative estimate of drug-likeness (QED) is 0.804. The molecule has 0 bridgehead atoms.